The van der Waals surface area contributed by atoms with E-state index in [9.17, 15) is 4.79 Å². The number of hydrogen-bond acceptors (Lipinski definition) is 3. The number of benzene rings is 3. The molecule has 3 aromatic carbocycles. The molecule has 0 aliphatic rings. The summed E-state index contributed by atoms with van der Waals surface area (Å²) in [6.07, 6.45) is 0.837. The number of para-hydroxylation sites is 1. The molecule has 3 rings (SSSR count). The van der Waals surface area contributed by atoms with Crippen LogP contribution in [0.1, 0.15) is 43.1 Å². The molecule has 154 valence electrons. The third kappa shape index (κ3) is 5.51. The molecule has 4 heteroatoms. The second-order valence-electron chi connectivity index (χ2n) is 7.26. The van der Waals surface area contributed by atoms with E-state index in [0.29, 0.717) is 12.2 Å². The van der Waals surface area contributed by atoms with Crippen LogP contribution in [0, 0.1) is 0 Å². The van der Waals surface area contributed by atoms with Gasteiger partial charge in [-0.3, -0.25) is 10.2 Å². The maximum atomic E-state index is 12.4. The zero-order valence-corrected chi connectivity index (χ0v) is 17.7. The fourth-order valence-corrected chi connectivity index (χ4v) is 3.13. The van der Waals surface area contributed by atoms with E-state index in [1.54, 1.807) is 0 Å². The second kappa shape index (κ2) is 10.3. The molecule has 0 radical (unpaired) electrons. The van der Waals surface area contributed by atoms with E-state index in [0.717, 1.165) is 40.1 Å². The van der Waals surface area contributed by atoms with Gasteiger partial charge in [0.2, 0.25) is 0 Å². The molecule has 0 saturated carbocycles. The molecule has 2 N–H and O–H groups in total. The van der Waals surface area contributed by atoms with Crippen LogP contribution in [0.15, 0.2) is 90.1 Å². The maximum Gasteiger partial charge on any atom is 0.269 e. The summed E-state index contributed by atoms with van der Waals surface area (Å²) in [5.41, 5.74) is 11.7. The van der Waals surface area contributed by atoms with Crippen LogP contribution in [-0.4, -0.2) is 5.91 Å². The Bertz CT molecular complexity index is 1000. The lowest BCUT2D eigenvalue weighted by Crippen LogP contribution is -2.37. The Morgan fingerprint density at radius 3 is 2.17 bits per heavy atom. The van der Waals surface area contributed by atoms with Crippen LogP contribution in [0.5, 0.6) is 5.75 Å². The molecular weight excluding hydrogens is 372 g/mol. The zero-order valence-electron chi connectivity index (χ0n) is 17.7. The smallest absolute Gasteiger partial charge is 0.269 e. The first-order valence-electron chi connectivity index (χ1n) is 10.2. The number of ether oxygens (including phenoxy) is 1. The number of amides is 1. The molecular formula is C26H28N2O2. The van der Waals surface area contributed by atoms with Crippen LogP contribution >= 0.6 is 0 Å². The number of rotatable bonds is 8. The van der Waals surface area contributed by atoms with Crippen LogP contribution in [0.4, 0.5) is 0 Å². The standard InChI is InChI=1S/C26H28N2O2/c1-4-24(19(2)3)27-28-26(29)22-16-14-20(15-17-22)18-30-25-13-9-8-12-23(25)21-10-6-5-7-11-21/h5-17,27H,4,18H2,1-3H3,(H,28,29). The van der Waals surface area contributed by atoms with Crippen molar-refractivity contribution in [3.63, 3.8) is 0 Å². The second-order valence-corrected chi connectivity index (χ2v) is 7.26. The number of allylic oxidation sites excluding steroid dienone is 2. The van der Waals surface area contributed by atoms with Gasteiger partial charge in [-0.1, -0.05) is 73.2 Å². The first kappa shape index (κ1) is 21.2. The van der Waals surface area contributed by atoms with Crippen molar-refractivity contribution in [2.75, 3.05) is 0 Å². The summed E-state index contributed by atoms with van der Waals surface area (Å²) < 4.78 is 6.08. The Labute approximate surface area is 178 Å². The van der Waals surface area contributed by atoms with E-state index < -0.39 is 0 Å². The molecule has 0 aliphatic heterocycles. The fourth-order valence-electron chi connectivity index (χ4n) is 3.13. The lowest BCUT2D eigenvalue weighted by Gasteiger charge is -2.13. The van der Waals surface area contributed by atoms with E-state index in [-0.39, 0.29) is 5.91 Å². The van der Waals surface area contributed by atoms with Crippen molar-refractivity contribution in [1.29, 1.82) is 0 Å². The molecule has 0 bridgehead atoms. The molecule has 0 spiro atoms. The molecule has 0 unspecified atom stereocenters. The van der Waals surface area contributed by atoms with Crippen LogP contribution < -0.4 is 15.6 Å². The summed E-state index contributed by atoms with van der Waals surface area (Å²) in [5.74, 6) is 0.674. The van der Waals surface area contributed by atoms with Crippen molar-refractivity contribution in [1.82, 2.24) is 10.9 Å². The Morgan fingerprint density at radius 2 is 1.50 bits per heavy atom. The minimum atomic E-state index is -0.163. The molecule has 0 heterocycles. The van der Waals surface area contributed by atoms with Crippen molar-refractivity contribution in [3.05, 3.63) is 101 Å². The third-order valence-electron chi connectivity index (χ3n) is 4.87. The van der Waals surface area contributed by atoms with Gasteiger partial charge in [-0.05, 0) is 49.6 Å². The first-order chi connectivity index (χ1) is 14.6. The largest absolute Gasteiger partial charge is 0.488 e. The molecule has 0 saturated heterocycles. The van der Waals surface area contributed by atoms with Crippen LogP contribution in [-0.2, 0) is 6.61 Å². The molecule has 1 amide bonds. The Morgan fingerprint density at radius 1 is 0.833 bits per heavy atom. The summed E-state index contributed by atoms with van der Waals surface area (Å²) in [7, 11) is 0. The Balaban J connectivity index is 1.62. The Hall–Kier alpha value is -3.53. The zero-order chi connectivity index (χ0) is 21.3. The highest BCUT2D eigenvalue weighted by Crippen LogP contribution is 2.30. The van der Waals surface area contributed by atoms with Crippen LogP contribution in [0.3, 0.4) is 0 Å². The number of hydrazine groups is 1. The summed E-state index contributed by atoms with van der Waals surface area (Å²) in [4.78, 5) is 12.4. The van der Waals surface area contributed by atoms with E-state index >= 15 is 0 Å². The van der Waals surface area contributed by atoms with Gasteiger partial charge in [-0.15, -0.1) is 0 Å². The van der Waals surface area contributed by atoms with Crippen LogP contribution in [0.2, 0.25) is 0 Å². The van der Waals surface area contributed by atoms with Gasteiger partial charge in [0.25, 0.3) is 5.91 Å². The van der Waals surface area contributed by atoms with Gasteiger partial charge >= 0.3 is 0 Å². The lowest BCUT2D eigenvalue weighted by atomic mass is 10.0. The lowest BCUT2D eigenvalue weighted by molar-refractivity contribution is 0.0938. The summed E-state index contributed by atoms with van der Waals surface area (Å²) in [6, 6.07) is 25.7. The average molecular weight is 401 g/mol. The normalized spacial score (nSPS) is 10.2. The van der Waals surface area contributed by atoms with Gasteiger partial charge in [0.05, 0.1) is 0 Å². The molecule has 3 aromatic rings. The molecule has 0 aromatic heterocycles. The number of hydrogen-bond donors (Lipinski definition) is 2. The summed E-state index contributed by atoms with van der Waals surface area (Å²) in [5, 5.41) is 0. The molecule has 0 atom stereocenters. The molecule has 0 fully saturated rings. The van der Waals surface area contributed by atoms with Gasteiger partial charge in [0.1, 0.15) is 12.4 Å². The van der Waals surface area contributed by atoms with Crippen molar-refractivity contribution >= 4 is 5.91 Å². The number of carbonyl (C=O) groups excluding carboxylic acids is 1. The van der Waals surface area contributed by atoms with Crippen molar-refractivity contribution < 1.29 is 9.53 Å². The Kier molecular flexibility index (Phi) is 7.28. The van der Waals surface area contributed by atoms with Crippen molar-refractivity contribution in [2.45, 2.75) is 33.8 Å². The van der Waals surface area contributed by atoms with Gasteiger partial charge < -0.3 is 10.2 Å². The highest BCUT2D eigenvalue weighted by molar-refractivity contribution is 5.93. The van der Waals surface area contributed by atoms with Gasteiger partial charge in [-0.2, -0.15) is 0 Å². The average Bonchev–Trinajstić information content (AvgIpc) is 2.79. The minimum Gasteiger partial charge on any atom is -0.488 e. The first-order valence-corrected chi connectivity index (χ1v) is 10.2. The number of nitrogens with one attached hydrogen (secondary N) is 2. The highest BCUT2D eigenvalue weighted by Gasteiger charge is 2.08. The predicted molar refractivity (Wildman–Crippen MR) is 122 cm³/mol. The highest BCUT2D eigenvalue weighted by atomic mass is 16.5. The molecule has 4 nitrogen and oxygen atoms in total. The van der Waals surface area contributed by atoms with Gasteiger partial charge in [0.15, 0.2) is 0 Å². The molecule has 30 heavy (non-hydrogen) atoms. The van der Waals surface area contributed by atoms with E-state index in [1.807, 2.05) is 81.4 Å². The maximum absolute atomic E-state index is 12.4. The van der Waals surface area contributed by atoms with Crippen molar-refractivity contribution in [3.8, 4) is 16.9 Å². The number of carbonyl (C=O) groups is 1. The van der Waals surface area contributed by atoms with E-state index in [1.165, 1.54) is 0 Å². The SMILES string of the molecule is CCC(NNC(=O)c1ccc(COc2ccccc2-c2ccccc2)cc1)=C(C)C. The third-order valence-corrected chi connectivity index (χ3v) is 4.87. The quantitative estimate of drug-likeness (QED) is 0.465. The van der Waals surface area contributed by atoms with Gasteiger partial charge in [0, 0.05) is 16.8 Å². The van der Waals surface area contributed by atoms with Crippen molar-refractivity contribution in [2.24, 2.45) is 0 Å². The molecule has 0 aliphatic carbocycles. The van der Waals surface area contributed by atoms with Gasteiger partial charge in [-0.25, -0.2) is 0 Å². The topological polar surface area (TPSA) is 50.4 Å². The minimum absolute atomic E-state index is 0.163. The summed E-state index contributed by atoms with van der Waals surface area (Å²) >= 11 is 0. The monoisotopic (exact) mass is 400 g/mol. The van der Waals surface area contributed by atoms with E-state index in [2.05, 4.69) is 29.1 Å². The van der Waals surface area contributed by atoms with Crippen LogP contribution in [0.25, 0.3) is 11.1 Å². The van der Waals surface area contributed by atoms with E-state index in [4.69, 9.17) is 4.74 Å². The summed E-state index contributed by atoms with van der Waals surface area (Å²) in [6.45, 7) is 6.51. The fraction of sp³-hybridized carbons (Fsp3) is 0.192. The predicted octanol–water partition coefficient (Wildman–Crippen LogP) is 5.87.